The molecule has 0 spiro atoms. The van der Waals surface area contributed by atoms with E-state index in [1.165, 1.54) is 6.07 Å². The van der Waals surface area contributed by atoms with Gasteiger partial charge in [-0.2, -0.15) is 5.10 Å². The van der Waals surface area contributed by atoms with Gasteiger partial charge in [-0.1, -0.05) is 13.8 Å². The SMILES string of the molecule is CCn1ccc(NS(=O)(=O)c2ccc3c(c2)C(C)(C)CC(=O)N3)n1. The van der Waals surface area contributed by atoms with Crippen molar-refractivity contribution in [3.8, 4) is 0 Å². The molecule has 8 heteroatoms. The lowest BCUT2D eigenvalue weighted by molar-refractivity contribution is -0.117. The van der Waals surface area contributed by atoms with Crippen molar-refractivity contribution < 1.29 is 13.2 Å². The summed E-state index contributed by atoms with van der Waals surface area (Å²) in [5.74, 6) is 0.216. The molecular weight excluding hydrogens is 328 g/mol. The van der Waals surface area contributed by atoms with Crippen LogP contribution in [0.25, 0.3) is 0 Å². The van der Waals surface area contributed by atoms with Crippen LogP contribution in [0.4, 0.5) is 11.5 Å². The number of carbonyl (C=O) groups is 1. The Morgan fingerprint density at radius 2 is 2.08 bits per heavy atom. The Morgan fingerprint density at radius 1 is 1.33 bits per heavy atom. The van der Waals surface area contributed by atoms with Gasteiger partial charge in [0.05, 0.1) is 4.90 Å². The smallest absolute Gasteiger partial charge is 0.263 e. The standard InChI is InChI=1S/C16H20N4O3S/c1-4-20-8-7-14(18-20)19-24(22,23)11-5-6-13-12(9-11)16(2,3)10-15(21)17-13/h5-9H,4,10H2,1-3H3,(H,17,21)(H,18,19). The van der Waals surface area contributed by atoms with Crippen molar-refractivity contribution in [3.05, 3.63) is 36.0 Å². The van der Waals surface area contributed by atoms with Gasteiger partial charge in [-0.05, 0) is 30.7 Å². The number of anilines is 2. The molecule has 2 aromatic rings. The van der Waals surface area contributed by atoms with Gasteiger partial charge in [-0.15, -0.1) is 0 Å². The topological polar surface area (TPSA) is 93.1 Å². The van der Waals surface area contributed by atoms with Crippen molar-refractivity contribution in [1.82, 2.24) is 9.78 Å². The maximum Gasteiger partial charge on any atom is 0.263 e. The second-order valence-corrected chi connectivity index (χ2v) is 8.16. The summed E-state index contributed by atoms with van der Waals surface area (Å²) in [7, 11) is -3.74. The number of carbonyl (C=O) groups excluding carboxylic acids is 1. The van der Waals surface area contributed by atoms with Gasteiger partial charge in [0.2, 0.25) is 5.91 Å². The molecule has 24 heavy (non-hydrogen) atoms. The van der Waals surface area contributed by atoms with Gasteiger partial charge in [-0.3, -0.25) is 14.2 Å². The predicted octanol–water partition coefficient (Wildman–Crippen LogP) is 2.32. The summed E-state index contributed by atoms with van der Waals surface area (Å²) in [6.07, 6.45) is 2.03. The highest BCUT2D eigenvalue weighted by atomic mass is 32.2. The van der Waals surface area contributed by atoms with Gasteiger partial charge >= 0.3 is 0 Å². The highest BCUT2D eigenvalue weighted by molar-refractivity contribution is 7.92. The number of benzene rings is 1. The normalized spacial score (nSPS) is 16.4. The number of aromatic nitrogens is 2. The molecule has 0 fully saturated rings. The van der Waals surface area contributed by atoms with Crippen LogP contribution in [0.15, 0.2) is 35.4 Å². The molecule has 1 aromatic carbocycles. The summed E-state index contributed by atoms with van der Waals surface area (Å²) >= 11 is 0. The quantitative estimate of drug-likeness (QED) is 0.887. The molecule has 1 amide bonds. The van der Waals surface area contributed by atoms with Crippen molar-refractivity contribution in [2.24, 2.45) is 0 Å². The zero-order chi connectivity index (χ0) is 17.5. The fourth-order valence-corrected chi connectivity index (χ4v) is 3.86. The number of aryl methyl sites for hydroxylation is 1. The predicted molar refractivity (Wildman–Crippen MR) is 91.4 cm³/mol. The molecule has 1 aliphatic heterocycles. The van der Waals surface area contributed by atoms with Crippen LogP contribution in [-0.2, 0) is 26.8 Å². The second-order valence-electron chi connectivity index (χ2n) is 6.48. The fourth-order valence-electron chi connectivity index (χ4n) is 2.84. The first-order valence-corrected chi connectivity index (χ1v) is 9.20. The van der Waals surface area contributed by atoms with E-state index >= 15 is 0 Å². The monoisotopic (exact) mass is 348 g/mol. The third kappa shape index (κ3) is 3.01. The lowest BCUT2D eigenvalue weighted by Crippen LogP contribution is -2.32. The number of rotatable bonds is 4. The van der Waals surface area contributed by atoms with E-state index < -0.39 is 15.4 Å². The molecule has 1 aliphatic rings. The number of nitrogens with zero attached hydrogens (tertiary/aromatic N) is 2. The first-order chi connectivity index (χ1) is 11.2. The Balaban J connectivity index is 1.96. The van der Waals surface area contributed by atoms with E-state index in [1.807, 2.05) is 20.8 Å². The van der Waals surface area contributed by atoms with Crippen LogP contribution >= 0.6 is 0 Å². The molecule has 0 aliphatic carbocycles. The van der Waals surface area contributed by atoms with Gasteiger partial charge in [0.25, 0.3) is 10.0 Å². The van der Waals surface area contributed by atoms with Crippen LogP contribution in [0.5, 0.6) is 0 Å². The molecule has 128 valence electrons. The van der Waals surface area contributed by atoms with Gasteiger partial charge in [0.15, 0.2) is 5.82 Å². The Labute approximate surface area is 141 Å². The van der Waals surface area contributed by atoms with Gasteiger partial charge in [0.1, 0.15) is 0 Å². The summed E-state index contributed by atoms with van der Waals surface area (Å²) in [5.41, 5.74) is 1.04. The minimum atomic E-state index is -3.74. The second kappa shape index (κ2) is 5.62. The number of hydrogen-bond acceptors (Lipinski definition) is 4. The highest BCUT2D eigenvalue weighted by Gasteiger charge is 2.33. The number of hydrogen-bond donors (Lipinski definition) is 2. The van der Waals surface area contributed by atoms with Gasteiger partial charge in [0, 0.05) is 36.3 Å². The van der Waals surface area contributed by atoms with Crippen molar-refractivity contribution >= 4 is 27.4 Å². The van der Waals surface area contributed by atoms with E-state index in [2.05, 4.69) is 15.1 Å². The van der Waals surface area contributed by atoms with E-state index in [1.54, 1.807) is 29.1 Å². The number of sulfonamides is 1. The Morgan fingerprint density at radius 3 is 2.75 bits per heavy atom. The van der Waals surface area contributed by atoms with Crippen molar-refractivity contribution in [2.45, 2.75) is 44.0 Å². The lowest BCUT2D eigenvalue weighted by atomic mass is 9.78. The summed E-state index contributed by atoms with van der Waals surface area (Å²) in [4.78, 5) is 11.9. The molecular formula is C16H20N4O3S. The third-order valence-electron chi connectivity index (χ3n) is 4.11. The molecule has 0 radical (unpaired) electrons. The van der Waals surface area contributed by atoms with E-state index in [4.69, 9.17) is 0 Å². The van der Waals surface area contributed by atoms with Crippen LogP contribution in [0, 0.1) is 0 Å². The fraction of sp³-hybridized carbons (Fsp3) is 0.375. The molecule has 3 rings (SSSR count). The average Bonchev–Trinajstić information content (AvgIpc) is 2.92. The lowest BCUT2D eigenvalue weighted by Gasteiger charge is -2.32. The molecule has 2 N–H and O–H groups in total. The zero-order valence-corrected chi connectivity index (χ0v) is 14.6. The molecule has 7 nitrogen and oxygen atoms in total. The van der Waals surface area contributed by atoms with Crippen molar-refractivity contribution in [1.29, 1.82) is 0 Å². The number of amides is 1. The Kier molecular flexibility index (Phi) is 3.87. The maximum absolute atomic E-state index is 12.6. The Hall–Kier alpha value is -2.35. The minimum absolute atomic E-state index is 0.0636. The first kappa shape index (κ1) is 16.5. The van der Waals surface area contributed by atoms with Gasteiger partial charge < -0.3 is 5.32 Å². The molecule has 0 saturated carbocycles. The van der Waals surface area contributed by atoms with Crippen LogP contribution in [0.1, 0.15) is 32.8 Å². The third-order valence-corrected chi connectivity index (χ3v) is 5.46. The van der Waals surface area contributed by atoms with Crippen LogP contribution in [0.2, 0.25) is 0 Å². The van der Waals surface area contributed by atoms with Gasteiger partial charge in [-0.25, -0.2) is 8.42 Å². The number of fused-ring (bicyclic) bond motifs is 1. The molecule has 1 aromatic heterocycles. The van der Waals surface area contributed by atoms with Crippen LogP contribution < -0.4 is 10.0 Å². The average molecular weight is 348 g/mol. The van der Waals surface area contributed by atoms with E-state index in [-0.39, 0.29) is 16.6 Å². The highest BCUT2D eigenvalue weighted by Crippen LogP contribution is 2.38. The Bertz CT molecular complexity index is 900. The molecule has 0 saturated heterocycles. The zero-order valence-electron chi connectivity index (χ0n) is 13.8. The van der Waals surface area contributed by atoms with Crippen molar-refractivity contribution in [2.75, 3.05) is 10.0 Å². The molecule has 0 atom stereocenters. The summed E-state index contributed by atoms with van der Waals surface area (Å²) in [6, 6.07) is 6.35. The molecule has 2 heterocycles. The molecule has 0 unspecified atom stereocenters. The van der Waals surface area contributed by atoms with E-state index in [9.17, 15) is 13.2 Å². The van der Waals surface area contributed by atoms with E-state index in [0.29, 0.717) is 18.7 Å². The van der Waals surface area contributed by atoms with E-state index in [0.717, 1.165) is 5.56 Å². The summed E-state index contributed by atoms with van der Waals surface area (Å²) < 4.78 is 29.4. The minimum Gasteiger partial charge on any atom is -0.326 e. The summed E-state index contributed by atoms with van der Waals surface area (Å²) in [6.45, 7) is 6.44. The van der Waals surface area contributed by atoms with Crippen LogP contribution in [-0.4, -0.2) is 24.1 Å². The number of nitrogens with one attached hydrogen (secondary N) is 2. The maximum atomic E-state index is 12.6. The summed E-state index contributed by atoms with van der Waals surface area (Å²) in [5, 5.41) is 6.92. The largest absolute Gasteiger partial charge is 0.326 e. The first-order valence-electron chi connectivity index (χ1n) is 7.72. The van der Waals surface area contributed by atoms with Crippen molar-refractivity contribution in [3.63, 3.8) is 0 Å². The molecule has 0 bridgehead atoms. The van der Waals surface area contributed by atoms with Crippen LogP contribution in [0.3, 0.4) is 0 Å².